The number of aromatic carboxylic acids is 1. The number of thiazole rings is 1. The molecule has 16 nitrogen and oxygen atoms in total. The molecule has 4 aliphatic rings. The lowest BCUT2D eigenvalue weighted by Crippen LogP contribution is -2.39. The topological polar surface area (TPSA) is 201 Å². The minimum absolute atomic E-state index is 0.0320. The zero-order chi connectivity index (χ0) is 49.6. The van der Waals surface area contributed by atoms with Gasteiger partial charge in [0.2, 0.25) is 17.7 Å². The number of hydrogen-bond acceptors (Lipinski definition) is 12. The van der Waals surface area contributed by atoms with Gasteiger partial charge in [-0.05, 0) is 159 Å². The molecule has 72 heavy (non-hydrogen) atoms. The number of aryl methyl sites for hydroxylation is 2. The number of aromatic nitrogens is 4. The van der Waals surface area contributed by atoms with E-state index in [2.05, 4.69) is 30.9 Å². The number of hydrogen-bond donors (Lipinski definition) is 4. The van der Waals surface area contributed by atoms with Gasteiger partial charge in [0.25, 0.3) is 5.91 Å². The number of anilines is 3. The van der Waals surface area contributed by atoms with Gasteiger partial charge in [0.05, 0.1) is 40.5 Å². The third-order valence-electron chi connectivity index (χ3n) is 14.9. The number of benzene rings is 4. The molecule has 1 saturated carbocycles. The van der Waals surface area contributed by atoms with Crippen molar-refractivity contribution in [1.29, 1.82) is 0 Å². The van der Waals surface area contributed by atoms with Gasteiger partial charge < -0.3 is 20.1 Å². The number of fused-ring (bicyclic) bond motifs is 3. The van der Waals surface area contributed by atoms with Crippen LogP contribution >= 0.6 is 11.3 Å². The van der Waals surface area contributed by atoms with E-state index in [-0.39, 0.29) is 35.7 Å². The molecule has 368 valence electrons. The molecule has 4 N–H and O–H groups in total. The number of piperidine rings is 2. The Kier molecular flexibility index (Phi) is 12.8. The van der Waals surface area contributed by atoms with Gasteiger partial charge in [-0.25, -0.2) is 14.8 Å². The van der Waals surface area contributed by atoms with E-state index in [4.69, 9.17) is 9.72 Å². The molecule has 11 rings (SSSR count). The highest BCUT2D eigenvalue weighted by atomic mass is 32.1. The summed E-state index contributed by atoms with van der Waals surface area (Å²) in [5, 5.41) is 24.9. The molecule has 4 amide bonds. The van der Waals surface area contributed by atoms with E-state index in [1.807, 2.05) is 110 Å². The summed E-state index contributed by atoms with van der Waals surface area (Å²) in [7, 11) is 1.81. The second-order valence-electron chi connectivity index (χ2n) is 19.7. The fraction of sp³-hybridized carbons (Fsp3) is 0.345. The van der Waals surface area contributed by atoms with E-state index in [1.165, 1.54) is 11.3 Å². The highest BCUT2D eigenvalue weighted by Crippen LogP contribution is 2.45. The van der Waals surface area contributed by atoms with Gasteiger partial charge in [-0.2, -0.15) is 5.10 Å². The summed E-state index contributed by atoms with van der Waals surface area (Å²) in [6.45, 7) is 5.69. The zero-order valence-corrected chi connectivity index (χ0v) is 41.0. The second kappa shape index (κ2) is 19.6. The quantitative estimate of drug-likeness (QED) is 0.0761. The van der Waals surface area contributed by atoms with E-state index >= 15 is 0 Å². The Labute approximate surface area is 419 Å². The Hall–Kier alpha value is -7.50. The lowest BCUT2D eigenvalue weighted by molar-refractivity contribution is -0.134. The number of ether oxygens (including phenoxy) is 1. The summed E-state index contributed by atoms with van der Waals surface area (Å²) in [4.78, 5) is 77.3. The van der Waals surface area contributed by atoms with Crippen LogP contribution in [0.4, 0.5) is 16.6 Å². The molecule has 4 aromatic carbocycles. The average Bonchev–Trinajstić information content (AvgIpc) is 3.85. The third kappa shape index (κ3) is 9.78. The number of carboxylic acids is 1. The Balaban J connectivity index is 0.647. The van der Waals surface area contributed by atoms with Crippen molar-refractivity contribution in [2.45, 2.75) is 64.3 Å². The Morgan fingerprint density at radius 1 is 0.875 bits per heavy atom. The number of pyridine rings is 1. The minimum atomic E-state index is -1.11. The number of amides is 4. The molecule has 0 bridgehead atoms. The molecule has 2 saturated heterocycles. The van der Waals surface area contributed by atoms with Crippen LogP contribution in [0.25, 0.3) is 32.2 Å². The molecule has 0 spiro atoms. The summed E-state index contributed by atoms with van der Waals surface area (Å²) < 4.78 is 9.03. The van der Waals surface area contributed by atoms with E-state index in [9.17, 15) is 29.1 Å². The molecule has 3 unspecified atom stereocenters. The summed E-state index contributed by atoms with van der Waals surface area (Å²) in [6, 6.07) is 28.6. The SMILES string of the molecule is Cc1cc(OCC2CC2CC2CCN(CC(=O)Nc3ccc4c(C5CCC(=O)NC5=O)nn(C)c4c3)CC2)ccc1-c1ccc(N2CCc3cccc(C(=O)Nc4nc5ccccc5s4)c3C2)nc1C(=O)O. The van der Waals surface area contributed by atoms with Crippen LogP contribution in [0.5, 0.6) is 5.75 Å². The Morgan fingerprint density at radius 2 is 1.71 bits per heavy atom. The third-order valence-corrected chi connectivity index (χ3v) is 15.9. The molecular weight excluding hydrogens is 931 g/mol. The molecule has 3 aromatic heterocycles. The number of likely N-dealkylation sites (tertiary alicyclic amines) is 1. The first-order valence-corrected chi connectivity index (χ1v) is 25.6. The second-order valence-corrected chi connectivity index (χ2v) is 20.7. The van der Waals surface area contributed by atoms with Crippen molar-refractivity contribution in [2.75, 3.05) is 48.3 Å². The summed E-state index contributed by atoms with van der Waals surface area (Å²) in [5.74, 6) is 0.524. The van der Waals surface area contributed by atoms with Crippen molar-refractivity contribution < 1.29 is 33.8 Å². The highest BCUT2D eigenvalue weighted by Gasteiger charge is 2.40. The first-order chi connectivity index (χ1) is 34.9. The molecule has 7 aromatic rings. The van der Waals surface area contributed by atoms with Crippen LogP contribution in [0.3, 0.4) is 0 Å². The maximum atomic E-state index is 13.6. The van der Waals surface area contributed by atoms with Crippen LogP contribution in [0.15, 0.2) is 91.0 Å². The standard InChI is InChI=1S/C55H55N9O7S/c1-31-24-37(71-30-35-26-34(35)25-32-18-21-63(22-19-32)29-49(66)56-36-10-12-41-45(27-36)62(2)61-50(41)42-15-17-48(65)59-53(42)68)11-13-38(31)39-14-16-47(58-51(39)54(69)70)64-23-20-33-6-5-7-40(43(33)28-64)52(67)60-55-57-44-8-3-4-9-46(44)72-55/h3-14,16,24,27,32,34-35,42H,15,17-23,25-26,28-30H2,1-2H3,(H,56,66)(H,69,70)(H,57,60,67)(H,59,65,68). The van der Waals surface area contributed by atoms with Gasteiger partial charge >= 0.3 is 5.97 Å². The highest BCUT2D eigenvalue weighted by molar-refractivity contribution is 7.22. The molecule has 3 fully saturated rings. The first-order valence-electron chi connectivity index (χ1n) is 24.7. The van der Waals surface area contributed by atoms with Gasteiger partial charge in [-0.3, -0.25) is 39.4 Å². The van der Waals surface area contributed by atoms with Crippen LogP contribution < -0.4 is 25.6 Å². The molecule has 1 aliphatic carbocycles. The van der Waals surface area contributed by atoms with Crippen LogP contribution in [-0.2, 0) is 34.4 Å². The van der Waals surface area contributed by atoms with Crippen LogP contribution in [0, 0.1) is 24.7 Å². The molecule has 6 heterocycles. The maximum absolute atomic E-state index is 13.6. The van der Waals surface area contributed by atoms with Crippen molar-refractivity contribution in [2.24, 2.45) is 24.8 Å². The number of imide groups is 1. The number of carbonyl (C=O) groups excluding carboxylic acids is 4. The first kappa shape index (κ1) is 46.9. The maximum Gasteiger partial charge on any atom is 0.355 e. The van der Waals surface area contributed by atoms with Gasteiger partial charge in [0.15, 0.2) is 10.8 Å². The van der Waals surface area contributed by atoms with E-state index in [0.29, 0.717) is 90.3 Å². The Morgan fingerprint density at radius 3 is 2.51 bits per heavy atom. The van der Waals surface area contributed by atoms with E-state index in [0.717, 1.165) is 87.9 Å². The normalized spacial score (nSPS) is 19.2. The number of carboxylic acid groups (broad SMARTS) is 1. The summed E-state index contributed by atoms with van der Waals surface area (Å²) >= 11 is 1.43. The van der Waals surface area contributed by atoms with Crippen LogP contribution in [0.1, 0.15) is 87.7 Å². The number of carbonyl (C=O) groups is 5. The number of para-hydroxylation sites is 1. The van der Waals surface area contributed by atoms with Crippen molar-refractivity contribution in [3.63, 3.8) is 0 Å². The molecule has 3 aliphatic heterocycles. The van der Waals surface area contributed by atoms with Crippen molar-refractivity contribution in [1.82, 2.24) is 30.0 Å². The van der Waals surface area contributed by atoms with Crippen molar-refractivity contribution in [3.8, 4) is 16.9 Å². The molecule has 17 heteroatoms. The van der Waals surface area contributed by atoms with Crippen LogP contribution in [-0.4, -0.2) is 92.1 Å². The largest absolute Gasteiger partial charge is 0.493 e. The fourth-order valence-electron chi connectivity index (χ4n) is 10.9. The predicted molar refractivity (Wildman–Crippen MR) is 275 cm³/mol. The van der Waals surface area contributed by atoms with E-state index < -0.39 is 11.9 Å². The molecular formula is C55H55N9O7S. The minimum Gasteiger partial charge on any atom is -0.493 e. The van der Waals surface area contributed by atoms with E-state index in [1.54, 1.807) is 4.68 Å². The molecule has 3 atom stereocenters. The lowest BCUT2D eigenvalue weighted by Gasteiger charge is -2.31. The van der Waals surface area contributed by atoms with Crippen molar-refractivity contribution >= 4 is 78.7 Å². The number of nitrogens with zero attached hydrogens (tertiary/aromatic N) is 6. The van der Waals surface area contributed by atoms with Gasteiger partial charge in [0.1, 0.15) is 11.6 Å². The van der Waals surface area contributed by atoms with Gasteiger partial charge in [-0.1, -0.05) is 41.7 Å². The lowest BCUT2D eigenvalue weighted by atomic mass is 9.91. The average molecular weight is 986 g/mol. The zero-order valence-electron chi connectivity index (χ0n) is 40.2. The van der Waals surface area contributed by atoms with Crippen LogP contribution in [0.2, 0.25) is 0 Å². The van der Waals surface area contributed by atoms with Gasteiger partial charge in [-0.15, -0.1) is 0 Å². The summed E-state index contributed by atoms with van der Waals surface area (Å²) in [5.41, 5.74) is 7.65. The van der Waals surface area contributed by atoms with Crippen molar-refractivity contribution in [3.05, 3.63) is 125 Å². The summed E-state index contributed by atoms with van der Waals surface area (Å²) in [6.07, 6.45) is 5.78. The molecule has 0 radical (unpaired) electrons. The predicted octanol–water partition coefficient (Wildman–Crippen LogP) is 8.34. The number of rotatable bonds is 14. The smallest absolute Gasteiger partial charge is 0.355 e. The number of nitrogens with one attached hydrogen (secondary N) is 3. The van der Waals surface area contributed by atoms with Gasteiger partial charge in [0, 0.05) is 48.8 Å². The fourth-order valence-corrected chi connectivity index (χ4v) is 11.8. The Bertz CT molecular complexity index is 3270. The monoisotopic (exact) mass is 985 g/mol.